The second kappa shape index (κ2) is 7.60. The van der Waals surface area contributed by atoms with E-state index in [-0.39, 0.29) is 12.2 Å². The molecule has 124 valence electrons. The van der Waals surface area contributed by atoms with E-state index < -0.39 is 5.97 Å². The third-order valence-corrected chi connectivity index (χ3v) is 4.51. The van der Waals surface area contributed by atoms with Gasteiger partial charge in [0.05, 0.1) is 16.8 Å². The van der Waals surface area contributed by atoms with Gasteiger partial charge in [-0.25, -0.2) is 9.78 Å². The van der Waals surface area contributed by atoms with E-state index in [0.717, 1.165) is 26.5 Å². The van der Waals surface area contributed by atoms with Gasteiger partial charge in [0.1, 0.15) is 11.1 Å². The fourth-order valence-corrected chi connectivity index (χ4v) is 3.28. The van der Waals surface area contributed by atoms with Gasteiger partial charge in [0.25, 0.3) is 0 Å². The van der Waals surface area contributed by atoms with Gasteiger partial charge in [-0.2, -0.15) is 5.26 Å². The average molecular weight is 349 g/mol. The van der Waals surface area contributed by atoms with Crippen LogP contribution in [0.25, 0.3) is 20.8 Å². The van der Waals surface area contributed by atoms with E-state index in [1.165, 1.54) is 6.20 Å². The Morgan fingerprint density at radius 2 is 2.04 bits per heavy atom. The van der Waals surface area contributed by atoms with Crippen molar-refractivity contribution < 1.29 is 9.53 Å². The van der Waals surface area contributed by atoms with E-state index in [9.17, 15) is 4.79 Å². The summed E-state index contributed by atoms with van der Waals surface area (Å²) >= 11 is 1.59. The Hall–Kier alpha value is -3.17. The number of anilines is 1. The summed E-state index contributed by atoms with van der Waals surface area (Å²) in [5, 5.41) is 13.0. The van der Waals surface area contributed by atoms with E-state index in [0.29, 0.717) is 0 Å². The Morgan fingerprint density at radius 1 is 1.28 bits per heavy atom. The summed E-state index contributed by atoms with van der Waals surface area (Å²) in [6, 6.07) is 17.4. The molecule has 0 aliphatic rings. The molecule has 1 aromatic heterocycles. The molecule has 0 bridgehead atoms. The van der Waals surface area contributed by atoms with Crippen LogP contribution < -0.4 is 5.32 Å². The second-order valence-corrected chi connectivity index (χ2v) is 6.10. The van der Waals surface area contributed by atoms with E-state index in [1.54, 1.807) is 18.3 Å². The van der Waals surface area contributed by atoms with Crippen molar-refractivity contribution in [3.05, 3.63) is 60.3 Å². The first-order valence-electron chi connectivity index (χ1n) is 7.72. The largest absolute Gasteiger partial charge is 0.462 e. The van der Waals surface area contributed by atoms with Gasteiger partial charge in [0.2, 0.25) is 0 Å². The Morgan fingerprint density at radius 3 is 2.80 bits per heavy atom. The molecule has 0 amide bonds. The zero-order valence-corrected chi connectivity index (χ0v) is 14.3. The van der Waals surface area contributed by atoms with Crippen molar-refractivity contribution in [3.8, 4) is 16.6 Å². The molecule has 0 spiro atoms. The number of fused-ring (bicyclic) bond motifs is 1. The molecule has 0 aliphatic heterocycles. The lowest BCUT2D eigenvalue weighted by molar-refractivity contribution is -0.138. The van der Waals surface area contributed by atoms with Gasteiger partial charge in [-0.05, 0) is 31.2 Å². The first-order chi connectivity index (χ1) is 12.2. The number of esters is 1. The first kappa shape index (κ1) is 16.7. The van der Waals surface area contributed by atoms with E-state index in [4.69, 9.17) is 10.00 Å². The number of rotatable bonds is 5. The van der Waals surface area contributed by atoms with Crippen molar-refractivity contribution in [2.45, 2.75) is 6.92 Å². The summed E-state index contributed by atoms with van der Waals surface area (Å²) < 4.78 is 5.96. The summed E-state index contributed by atoms with van der Waals surface area (Å²) in [7, 11) is 0. The molecule has 0 atom stereocenters. The summed E-state index contributed by atoms with van der Waals surface area (Å²) in [5.41, 5.74) is 2.53. The summed E-state index contributed by atoms with van der Waals surface area (Å²) in [4.78, 5) is 16.4. The highest BCUT2D eigenvalue weighted by Gasteiger charge is 2.12. The number of benzene rings is 2. The fourth-order valence-electron chi connectivity index (χ4n) is 2.28. The molecule has 6 heteroatoms. The maximum Gasteiger partial charge on any atom is 0.350 e. The zero-order chi connectivity index (χ0) is 17.6. The van der Waals surface area contributed by atoms with E-state index in [2.05, 4.69) is 10.3 Å². The SMILES string of the molecule is CCOC(=O)/C(C#N)=C/Nc1ccccc1-c1nc2ccccc2s1. The van der Waals surface area contributed by atoms with Crippen LogP contribution in [0.4, 0.5) is 5.69 Å². The molecule has 0 saturated heterocycles. The highest BCUT2D eigenvalue weighted by molar-refractivity contribution is 7.21. The second-order valence-electron chi connectivity index (χ2n) is 5.07. The van der Waals surface area contributed by atoms with Gasteiger partial charge in [-0.3, -0.25) is 0 Å². The number of hydrogen-bond acceptors (Lipinski definition) is 6. The van der Waals surface area contributed by atoms with Crippen molar-refractivity contribution in [1.82, 2.24) is 4.98 Å². The van der Waals surface area contributed by atoms with Crippen LogP contribution in [0.3, 0.4) is 0 Å². The number of hydrogen-bond donors (Lipinski definition) is 1. The van der Waals surface area contributed by atoms with E-state index >= 15 is 0 Å². The van der Waals surface area contributed by atoms with Crippen molar-refractivity contribution in [3.63, 3.8) is 0 Å². The van der Waals surface area contributed by atoms with Crippen LogP contribution in [0, 0.1) is 11.3 Å². The van der Waals surface area contributed by atoms with Crippen LogP contribution in [0.5, 0.6) is 0 Å². The van der Waals surface area contributed by atoms with Gasteiger partial charge in [-0.15, -0.1) is 11.3 Å². The number of carbonyl (C=O) groups is 1. The molecule has 0 fully saturated rings. The number of nitrogens with zero attached hydrogens (tertiary/aromatic N) is 2. The van der Waals surface area contributed by atoms with Gasteiger partial charge in [0.15, 0.2) is 5.57 Å². The molecule has 1 N–H and O–H groups in total. The Bertz CT molecular complexity index is 952. The molecule has 2 aromatic carbocycles. The van der Waals surface area contributed by atoms with Crippen LogP contribution in [0.1, 0.15) is 6.92 Å². The lowest BCUT2D eigenvalue weighted by Gasteiger charge is -2.07. The summed E-state index contributed by atoms with van der Waals surface area (Å²) in [6.07, 6.45) is 1.37. The molecule has 0 aliphatic carbocycles. The first-order valence-corrected chi connectivity index (χ1v) is 8.53. The number of ether oxygens (including phenoxy) is 1. The van der Waals surface area contributed by atoms with Crippen LogP contribution in [0.2, 0.25) is 0 Å². The Kier molecular flexibility index (Phi) is 5.07. The molecule has 3 rings (SSSR count). The van der Waals surface area contributed by atoms with Crippen LogP contribution in [0.15, 0.2) is 60.3 Å². The van der Waals surface area contributed by atoms with Crippen molar-refractivity contribution in [2.24, 2.45) is 0 Å². The summed E-state index contributed by atoms with van der Waals surface area (Å²) in [6.45, 7) is 1.92. The molecule has 0 radical (unpaired) electrons. The lowest BCUT2D eigenvalue weighted by Crippen LogP contribution is -2.08. The quantitative estimate of drug-likeness (QED) is 0.421. The smallest absolute Gasteiger partial charge is 0.350 e. The number of aromatic nitrogens is 1. The summed E-state index contributed by atoms with van der Waals surface area (Å²) in [5.74, 6) is -0.644. The van der Waals surface area contributed by atoms with Gasteiger partial charge in [0, 0.05) is 17.5 Å². The topological polar surface area (TPSA) is 75.0 Å². The molecule has 0 unspecified atom stereocenters. The minimum Gasteiger partial charge on any atom is -0.462 e. The highest BCUT2D eigenvalue weighted by atomic mass is 32.1. The molecular weight excluding hydrogens is 334 g/mol. The normalized spacial score (nSPS) is 11.1. The maximum absolute atomic E-state index is 11.7. The van der Waals surface area contributed by atoms with E-state index in [1.807, 2.05) is 54.6 Å². The third kappa shape index (κ3) is 3.67. The van der Waals surface area contributed by atoms with Crippen LogP contribution in [-0.4, -0.2) is 17.6 Å². The highest BCUT2D eigenvalue weighted by Crippen LogP contribution is 2.34. The molecule has 1 heterocycles. The van der Waals surface area contributed by atoms with Gasteiger partial charge < -0.3 is 10.1 Å². The van der Waals surface area contributed by atoms with Crippen LogP contribution in [-0.2, 0) is 9.53 Å². The predicted molar refractivity (Wildman–Crippen MR) is 99.0 cm³/mol. The van der Waals surface area contributed by atoms with Crippen LogP contribution >= 0.6 is 11.3 Å². The number of thiazole rings is 1. The van der Waals surface area contributed by atoms with Gasteiger partial charge >= 0.3 is 5.97 Å². The molecule has 5 nitrogen and oxygen atoms in total. The van der Waals surface area contributed by atoms with Crippen molar-refractivity contribution in [2.75, 3.05) is 11.9 Å². The molecule has 0 saturated carbocycles. The Labute approximate surface area is 149 Å². The maximum atomic E-state index is 11.7. The number of para-hydroxylation sites is 2. The average Bonchev–Trinajstić information content (AvgIpc) is 3.07. The molecule has 3 aromatic rings. The Balaban J connectivity index is 1.93. The number of carbonyl (C=O) groups excluding carboxylic acids is 1. The van der Waals surface area contributed by atoms with Crippen molar-refractivity contribution >= 4 is 33.2 Å². The molecule has 25 heavy (non-hydrogen) atoms. The standard InChI is InChI=1S/C19H15N3O2S/c1-2-24-19(23)13(11-20)12-21-15-8-4-3-7-14(15)18-22-16-9-5-6-10-17(16)25-18/h3-10,12,21H,2H2,1H3/b13-12+. The third-order valence-electron chi connectivity index (χ3n) is 3.44. The monoisotopic (exact) mass is 349 g/mol. The number of nitrogens with one attached hydrogen (secondary N) is 1. The lowest BCUT2D eigenvalue weighted by atomic mass is 10.2. The zero-order valence-electron chi connectivity index (χ0n) is 13.5. The van der Waals surface area contributed by atoms with Gasteiger partial charge in [-0.1, -0.05) is 24.3 Å². The van der Waals surface area contributed by atoms with Crippen molar-refractivity contribution in [1.29, 1.82) is 5.26 Å². The minimum atomic E-state index is -0.644. The molecular formula is C19H15N3O2S. The fraction of sp³-hybridized carbons (Fsp3) is 0.105. The predicted octanol–water partition coefficient (Wildman–Crippen LogP) is 4.35. The number of nitriles is 1. The minimum absolute atomic E-state index is 0.0825.